The summed E-state index contributed by atoms with van der Waals surface area (Å²) in [5.41, 5.74) is 11.2. The molecule has 0 spiro atoms. The second kappa shape index (κ2) is 4.20. The van der Waals surface area contributed by atoms with Gasteiger partial charge >= 0.3 is 11.9 Å². The molecule has 0 aliphatic carbocycles. The van der Waals surface area contributed by atoms with Crippen LogP contribution in [0.4, 0.5) is 0 Å². The SMILES string of the molecule is NC1(C(=O)O)CCCC(N)(C(=O)O)SS1. The number of rotatable bonds is 2. The first-order valence-corrected chi connectivity index (χ1v) is 6.36. The van der Waals surface area contributed by atoms with Gasteiger partial charge in [-0.25, -0.2) is 9.59 Å². The Morgan fingerprint density at radius 1 is 1.00 bits per heavy atom. The minimum absolute atomic E-state index is 0.215. The Balaban J connectivity index is 2.80. The Bertz CT molecular complexity index is 273. The van der Waals surface area contributed by atoms with E-state index in [2.05, 4.69) is 0 Å². The summed E-state index contributed by atoms with van der Waals surface area (Å²) in [6.07, 6.45) is 0.810. The number of hydrogen-bond donors (Lipinski definition) is 4. The lowest BCUT2D eigenvalue weighted by atomic mass is 10.1. The molecule has 6 N–H and O–H groups in total. The second-order valence-electron chi connectivity index (χ2n) is 3.41. The normalized spacial score (nSPS) is 36.9. The number of hydrogen-bond acceptors (Lipinski definition) is 6. The van der Waals surface area contributed by atoms with E-state index in [0.29, 0.717) is 6.42 Å². The quantitative estimate of drug-likeness (QED) is 0.507. The molecule has 0 aromatic heterocycles. The van der Waals surface area contributed by atoms with E-state index in [9.17, 15) is 9.59 Å². The highest BCUT2D eigenvalue weighted by atomic mass is 33.1. The molecule has 0 amide bonds. The van der Waals surface area contributed by atoms with Gasteiger partial charge in [0.15, 0.2) is 9.74 Å². The highest BCUT2D eigenvalue weighted by Gasteiger charge is 2.45. The second-order valence-corrected chi connectivity index (χ2v) is 6.20. The lowest BCUT2D eigenvalue weighted by Gasteiger charge is -2.23. The third kappa shape index (κ3) is 2.57. The van der Waals surface area contributed by atoms with Crippen molar-refractivity contribution in [3.05, 3.63) is 0 Å². The topological polar surface area (TPSA) is 127 Å². The molecular weight excluding hydrogens is 240 g/mol. The molecule has 6 nitrogen and oxygen atoms in total. The number of carboxylic acid groups (broad SMARTS) is 2. The van der Waals surface area contributed by atoms with E-state index in [4.69, 9.17) is 21.7 Å². The summed E-state index contributed by atoms with van der Waals surface area (Å²) in [6, 6.07) is 0. The van der Waals surface area contributed by atoms with Crippen LogP contribution in [0.1, 0.15) is 19.3 Å². The van der Waals surface area contributed by atoms with Crippen molar-refractivity contribution in [1.82, 2.24) is 0 Å². The molecule has 0 radical (unpaired) electrons. The van der Waals surface area contributed by atoms with Crippen molar-refractivity contribution in [2.75, 3.05) is 0 Å². The van der Waals surface area contributed by atoms with E-state index in [1.807, 2.05) is 0 Å². The molecule has 1 fully saturated rings. The van der Waals surface area contributed by atoms with Crippen LogP contribution in [0.5, 0.6) is 0 Å². The fraction of sp³-hybridized carbons (Fsp3) is 0.714. The van der Waals surface area contributed by atoms with Gasteiger partial charge < -0.3 is 21.7 Å². The molecule has 1 saturated heterocycles. The summed E-state index contributed by atoms with van der Waals surface area (Å²) < 4.78 is 0. The summed E-state index contributed by atoms with van der Waals surface area (Å²) in [7, 11) is 1.64. The van der Waals surface area contributed by atoms with Gasteiger partial charge in [-0.2, -0.15) is 0 Å². The molecule has 2 unspecified atom stereocenters. The van der Waals surface area contributed by atoms with Crippen LogP contribution in [0.2, 0.25) is 0 Å². The maximum atomic E-state index is 10.9. The predicted molar refractivity (Wildman–Crippen MR) is 58.1 cm³/mol. The van der Waals surface area contributed by atoms with Crippen LogP contribution in [-0.4, -0.2) is 31.9 Å². The fourth-order valence-corrected chi connectivity index (χ4v) is 3.85. The molecule has 15 heavy (non-hydrogen) atoms. The van der Waals surface area contributed by atoms with E-state index in [1.165, 1.54) is 0 Å². The largest absolute Gasteiger partial charge is 0.479 e. The monoisotopic (exact) mass is 252 g/mol. The van der Waals surface area contributed by atoms with Gasteiger partial charge in [0.25, 0.3) is 0 Å². The van der Waals surface area contributed by atoms with Crippen LogP contribution in [0.15, 0.2) is 0 Å². The maximum Gasteiger partial charge on any atom is 0.335 e. The summed E-state index contributed by atoms with van der Waals surface area (Å²) in [4.78, 5) is 18.8. The first-order chi connectivity index (χ1) is 6.80. The van der Waals surface area contributed by atoms with Crippen LogP contribution in [-0.2, 0) is 9.59 Å². The van der Waals surface area contributed by atoms with Crippen LogP contribution in [0.3, 0.4) is 0 Å². The lowest BCUT2D eigenvalue weighted by Crippen LogP contribution is -2.44. The maximum absolute atomic E-state index is 10.9. The first kappa shape index (κ1) is 12.6. The summed E-state index contributed by atoms with van der Waals surface area (Å²) in [5.74, 6) is -2.29. The summed E-state index contributed by atoms with van der Waals surface area (Å²) in [5, 5.41) is 17.8. The molecule has 8 heteroatoms. The first-order valence-electron chi connectivity index (χ1n) is 4.21. The average Bonchev–Trinajstić information content (AvgIpc) is 2.28. The van der Waals surface area contributed by atoms with Gasteiger partial charge in [0.05, 0.1) is 0 Å². The predicted octanol–water partition coefficient (Wildman–Crippen LogP) is 0.0309. The summed E-state index contributed by atoms with van der Waals surface area (Å²) in [6.45, 7) is 0. The molecule has 0 aromatic rings. The van der Waals surface area contributed by atoms with Gasteiger partial charge in [0.1, 0.15) is 0 Å². The minimum Gasteiger partial charge on any atom is -0.479 e. The highest BCUT2D eigenvalue weighted by Crippen LogP contribution is 2.47. The van der Waals surface area contributed by atoms with Gasteiger partial charge in [-0.1, -0.05) is 21.6 Å². The van der Waals surface area contributed by atoms with E-state index >= 15 is 0 Å². The van der Waals surface area contributed by atoms with Crippen molar-refractivity contribution >= 4 is 33.5 Å². The van der Waals surface area contributed by atoms with Gasteiger partial charge in [0.2, 0.25) is 0 Å². The zero-order valence-electron chi connectivity index (χ0n) is 7.80. The van der Waals surface area contributed by atoms with Crippen LogP contribution in [0.25, 0.3) is 0 Å². The third-order valence-electron chi connectivity index (χ3n) is 2.16. The molecule has 1 aliphatic rings. The van der Waals surface area contributed by atoms with E-state index < -0.39 is 21.7 Å². The molecule has 0 bridgehead atoms. The zero-order valence-corrected chi connectivity index (χ0v) is 9.44. The number of nitrogens with two attached hydrogens (primary N) is 2. The molecule has 86 valence electrons. The number of carbonyl (C=O) groups is 2. The third-order valence-corrected chi connectivity index (χ3v) is 5.63. The Labute approximate surface area is 94.2 Å². The average molecular weight is 252 g/mol. The van der Waals surface area contributed by atoms with Crippen molar-refractivity contribution in [3.8, 4) is 0 Å². The van der Waals surface area contributed by atoms with Gasteiger partial charge in [-0.05, 0) is 19.3 Å². The highest BCUT2D eigenvalue weighted by molar-refractivity contribution is 8.78. The lowest BCUT2D eigenvalue weighted by molar-refractivity contribution is -0.140. The van der Waals surface area contributed by atoms with Crippen LogP contribution >= 0.6 is 21.6 Å². The van der Waals surface area contributed by atoms with E-state index in [1.54, 1.807) is 0 Å². The van der Waals surface area contributed by atoms with Crippen molar-refractivity contribution in [2.24, 2.45) is 11.5 Å². The summed E-state index contributed by atoms with van der Waals surface area (Å²) >= 11 is 0. The van der Waals surface area contributed by atoms with Gasteiger partial charge in [-0.15, -0.1) is 0 Å². The van der Waals surface area contributed by atoms with E-state index in [-0.39, 0.29) is 12.8 Å². The molecule has 0 aromatic carbocycles. The van der Waals surface area contributed by atoms with E-state index in [0.717, 1.165) is 21.6 Å². The molecule has 1 aliphatic heterocycles. The zero-order chi connectivity index (χ0) is 11.7. The van der Waals surface area contributed by atoms with Gasteiger partial charge in [0, 0.05) is 0 Å². The van der Waals surface area contributed by atoms with Crippen molar-refractivity contribution in [3.63, 3.8) is 0 Å². The fourth-order valence-electron chi connectivity index (χ4n) is 1.13. The van der Waals surface area contributed by atoms with Crippen LogP contribution < -0.4 is 11.5 Å². The number of aliphatic carboxylic acids is 2. The van der Waals surface area contributed by atoms with Crippen molar-refractivity contribution in [2.45, 2.75) is 29.0 Å². The van der Waals surface area contributed by atoms with Crippen LogP contribution in [0, 0.1) is 0 Å². The van der Waals surface area contributed by atoms with Gasteiger partial charge in [-0.3, -0.25) is 0 Å². The molecule has 2 atom stereocenters. The smallest absolute Gasteiger partial charge is 0.335 e. The van der Waals surface area contributed by atoms with Crippen molar-refractivity contribution < 1.29 is 19.8 Å². The molecule has 1 rings (SSSR count). The Hall–Kier alpha value is -0.440. The molecular formula is C7H12N2O4S2. The van der Waals surface area contributed by atoms with Crippen molar-refractivity contribution in [1.29, 1.82) is 0 Å². The Kier molecular flexibility index (Phi) is 3.54. The number of carboxylic acids is 2. The molecule has 1 heterocycles. The minimum atomic E-state index is -1.44. The molecule has 0 saturated carbocycles. The Morgan fingerprint density at radius 3 is 1.60 bits per heavy atom. The Morgan fingerprint density at radius 2 is 1.33 bits per heavy atom. The standard InChI is InChI=1S/C7H12N2O4S2/c8-6(4(10)11)2-1-3-7(9,5(12)13)15-14-6/h1-3,8-9H2,(H,10,11)(H,12,13).